The third-order valence-corrected chi connectivity index (χ3v) is 5.54. The van der Waals surface area contributed by atoms with Crippen molar-refractivity contribution in [3.63, 3.8) is 0 Å². The molecule has 3 aromatic carbocycles. The molecular weight excluding hydrogens is 502 g/mol. The van der Waals surface area contributed by atoms with Crippen LogP contribution >= 0.6 is 43.5 Å². The number of benzene rings is 3. The quantitative estimate of drug-likeness (QED) is 0.255. The summed E-state index contributed by atoms with van der Waals surface area (Å²) in [4.78, 5) is 0. The van der Waals surface area contributed by atoms with Gasteiger partial charge in [0.2, 0.25) is 0 Å². The predicted molar refractivity (Wildman–Crippen MR) is 122 cm³/mol. The monoisotopic (exact) mass is 515 g/mol. The fourth-order valence-corrected chi connectivity index (χ4v) is 4.19. The summed E-state index contributed by atoms with van der Waals surface area (Å²) < 4.78 is 7.61. The maximum atomic E-state index is 9.53. The van der Waals surface area contributed by atoms with Crippen LogP contribution in [0.1, 0.15) is 22.3 Å². The smallest absolute Gasteiger partial charge is 0.148 e. The molecule has 0 bridgehead atoms. The van der Waals surface area contributed by atoms with Crippen molar-refractivity contribution in [1.82, 2.24) is 0 Å². The number of nitriles is 1. The Morgan fingerprint density at radius 1 is 1.04 bits per heavy atom. The molecule has 0 spiro atoms. The van der Waals surface area contributed by atoms with Gasteiger partial charge in [0.25, 0.3) is 0 Å². The van der Waals surface area contributed by atoms with Crippen molar-refractivity contribution in [3.05, 3.63) is 96.9 Å². The van der Waals surface area contributed by atoms with Gasteiger partial charge in [0.1, 0.15) is 12.4 Å². The van der Waals surface area contributed by atoms with E-state index in [1.54, 1.807) is 12.1 Å². The highest BCUT2D eigenvalue weighted by atomic mass is 79.9. The van der Waals surface area contributed by atoms with E-state index in [1.165, 1.54) is 5.56 Å². The number of allylic oxidation sites excluding steroid dienone is 1. The average Bonchev–Trinajstić information content (AvgIpc) is 2.67. The lowest BCUT2D eigenvalue weighted by atomic mass is 10.0. The van der Waals surface area contributed by atoms with Crippen molar-refractivity contribution in [1.29, 1.82) is 5.26 Å². The van der Waals surface area contributed by atoms with E-state index < -0.39 is 0 Å². The fourth-order valence-electron chi connectivity index (χ4n) is 2.62. The predicted octanol–water partition coefficient (Wildman–Crippen LogP) is 7.82. The molecule has 3 aromatic rings. The third kappa shape index (κ3) is 5.26. The van der Waals surface area contributed by atoms with Crippen LogP contribution in [0.5, 0.6) is 5.75 Å². The number of ether oxygens (including phenoxy) is 1. The molecule has 5 heteroatoms. The van der Waals surface area contributed by atoms with Crippen molar-refractivity contribution >= 4 is 55.1 Å². The maximum absolute atomic E-state index is 9.53. The van der Waals surface area contributed by atoms with Gasteiger partial charge in [-0.05, 0) is 85.8 Å². The molecule has 0 unspecified atom stereocenters. The van der Waals surface area contributed by atoms with Crippen LogP contribution < -0.4 is 4.74 Å². The fraction of sp³-hybridized carbons (Fsp3) is 0.0870. The van der Waals surface area contributed by atoms with E-state index in [9.17, 15) is 5.26 Å². The SMILES string of the molecule is Cc1ccc(COc2c(Br)cc(/C=C(\C#N)c3ccc(Cl)cc3)cc2Br)cc1. The van der Waals surface area contributed by atoms with E-state index in [4.69, 9.17) is 16.3 Å². The minimum atomic E-state index is 0.473. The summed E-state index contributed by atoms with van der Waals surface area (Å²) in [6.45, 7) is 2.53. The first kappa shape index (κ1) is 20.7. The van der Waals surface area contributed by atoms with Gasteiger partial charge in [0, 0.05) is 5.02 Å². The molecule has 0 fully saturated rings. The van der Waals surface area contributed by atoms with E-state index >= 15 is 0 Å². The molecule has 0 N–H and O–H groups in total. The zero-order chi connectivity index (χ0) is 20.1. The van der Waals surface area contributed by atoms with Crippen LogP contribution in [0.3, 0.4) is 0 Å². The molecule has 0 atom stereocenters. The summed E-state index contributed by atoms with van der Waals surface area (Å²) in [5, 5.41) is 10.2. The van der Waals surface area contributed by atoms with Gasteiger partial charge >= 0.3 is 0 Å². The average molecular weight is 518 g/mol. The van der Waals surface area contributed by atoms with Crippen LogP contribution in [-0.2, 0) is 6.61 Å². The molecule has 28 heavy (non-hydrogen) atoms. The lowest BCUT2D eigenvalue weighted by Gasteiger charge is -2.12. The molecule has 0 aromatic heterocycles. The Kier molecular flexibility index (Phi) is 6.96. The summed E-state index contributed by atoms with van der Waals surface area (Å²) in [5.41, 5.74) is 4.58. The van der Waals surface area contributed by atoms with Gasteiger partial charge in [0.15, 0.2) is 0 Å². The van der Waals surface area contributed by atoms with Crippen molar-refractivity contribution in [3.8, 4) is 11.8 Å². The molecule has 3 rings (SSSR count). The molecule has 0 saturated carbocycles. The molecule has 0 aliphatic carbocycles. The van der Waals surface area contributed by atoms with Gasteiger partial charge in [-0.1, -0.05) is 53.6 Å². The van der Waals surface area contributed by atoms with Gasteiger partial charge < -0.3 is 4.74 Å². The van der Waals surface area contributed by atoms with Crippen LogP contribution in [0.4, 0.5) is 0 Å². The van der Waals surface area contributed by atoms with Crippen molar-refractivity contribution < 1.29 is 4.74 Å². The second-order valence-corrected chi connectivity index (χ2v) is 8.41. The van der Waals surface area contributed by atoms with Crippen LogP contribution in [0.15, 0.2) is 69.6 Å². The van der Waals surface area contributed by atoms with Gasteiger partial charge in [-0.2, -0.15) is 5.26 Å². The van der Waals surface area contributed by atoms with Gasteiger partial charge in [-0.25, -0.2) is 0 Å². The van der Waals surface area contributed by atoms with E-state index in [1.807, 2.05) is 30.3 Å². The Hall–Kier alpha value is -2.06. The highest BCUT2D eigenvalue weighted by Crippen LogP contribution is 2.36. The number of nitrogens with zero attached hydrogens (tertiary/aromatic N) is 1. The van der Waals surface area contributed by atoms with Gasteiger partial charge in [0.05, 0.1) is 20.6 Å². The minimum absolute atomic E-state index is 0.473. The first-order valence-electron chi connectivity index (χ1n) is 8.51. The highest BCUT2D eigenvalue weighted by molar-refractivity contribution is 9.11. The second kappa shape index (κ2) is 9.43. The molecule has 0 amide bonds. The topological polar surface area (TPSA) is 33.0 Å². The van der Waals surface area contributed by atoms with Crippen molar-refractivity contribution in [2.45, 2.75) is 13.5 Å². The lowest BCUT2D eigenvalue weighted by molar-refractivity contribution is 0.302. The van der Waals surface area contributed by atoms with Crippen LogP contribution in [0, 0.1) is 18.3 Å². The standard InChI is InChI=1S/C23H16Br2ClNO/c1-15-2-4-16(5-3-15)14-28-23-21(24)11-17(12-22(23)25)10-19(13-27)18-6-8-20(26)9-7-18/h2-12H,14H2,1H3/b19-10+. The van der Waals surface area contributed by atoms with E-state index in [2.05, 4.69) is 69.1 Å². The molecule has 140 valence electrons. The van der Waals surface area contributed by atoms with Crippen molar-refractivity contribution in [2.24, 2.45) is 0 Å². The second-order valence-electron chi connectivity index (χ2n) is 6.26. The van der Waals surface area contributed by atoms with Crippen LogP contribution in [0.2, 0.25) is 5.02 Å². The molecule has 0 aliphatic heterocycles. The summed E-state index contributed by atoms with van der Waals surface area (Å²) in [6.07, 6.45) is 1.84. The number of rotatable bonds is 5. The molecule has 0 heterocycles. The number of halogens is 3. The Labute approximate surface area is 186 Å². The third-order valence-electron chi connectivity index (χ3n) is 4.11. The number of hydrogen-bond acceptors (Lipinski definition) is 2. The Balaban J connectivity index is 1.83. The Morgan fingerprint density at radius 3 is 2.21 bits per heavy atom. The van der Waals surface area contributed by atoms with E-state index in [-0.39, 0.29) is 0 Å². The molecule has 0 radical (unpaired) electrons. The largest absolute Gasteiger partial charge is 0.487 e. The molecule has 0 saturated heterocycles. The highest BCUT2D eigenvalue weighted by Gasteiger charge is 2.10. The number of aryl methyl sites for hydroxylation is 1. The maximum Gasteiger partial charge on any atom is 0.148 e. The van der Waals surface area contributed by atoms with E-state index in [0.717, 1.165) is 31.4 Å². The number of hydrogen-bond donors (Lipinski definition) is 0. The molecule has 0 aliphatic rings. The lowest BCUT2D eigenvalue weighted by Crippen LogP contribution is -1.97. The van der Waals surface area contributed by atoms with Crippen molar-refractivity contribution in [2.75, 3.05) is 0 Å². The zero-order valence-electron chi connectivity index (χ0n) is 15.0. The Bertz CT molecular complexity index is 1030. The first-order chi connectivity index (χ1) is 13.5. The zero-order valence-corrected chi connectivity index (χ0v) is 19.0. The molecule has 2 nitrogen and oxygen atoms in total. The van der Waals surface area contributed by atoms with Crippen LogP contribution in [-0.4, -0.2) is 0 Å². The van der Waals surface area contributed by atoms with Crippen LogP contribution in [0.25, 0.3) is 11.6 Å². The minimum Gasteiger partial charge on any atom is -0.487 e. The Morgan fingerprint density at radius 2 is 1.64 bits per heavy atom. The first-order valence-corrected chi connectivity index (χ1v) is 10.5. The summed E-state index contributed by atoms with van der Waals surface area (Å²) in [5.74, 6) is 0.725. The van der Waals surface area contributed by atoms with E-state index in [0.29, 0.717) is 17.2 Å². The van der Waals surface area contributed by atoms with Gasteiger partial charge in [-0.15, -0.1) is 0 Å². The normalized spacial score (nSPS) is 11.2. The summed E-state index contributed by atoms with van der Waals surface area (Å²) in [6, 6.07) is 21.6. The summed E-state index contributed by atoms with van der Waals surface area (Å²) >= 11 is 13.1. The van der Waals surface area contributed by atoms with Gasteiger partial charge in [-0.3, -0.25) is 0 Å². The molecular formula is C23H16Br2ClNO. The summed E-state index contributed by atoms with van der Waals surface area (Å²) in [7, 11) is 0.